The maximum atomic E-state index is 5.41. The van der Waals surface area contributed by atoms with Gasteiger partial charge in [-0.2, -0.15) is 0 Å². The Morgan fingerprint density at radius 3 is 2.48 bits per heavy atom. The largest absolute Gasteiger partial charge is 0.497 e. The molecular formula is C24H25ClN2OS. The summed E-state index contributed by atoms with van der Waals surface area (Å²) in [6.07, 6.45) is 4.02. The van der Waals surface area contributed by atoms with Crippen LogP contribution in [-0.2, 0) is 6.54 Å². The monoisotopic (exact) mass is 424 g/mol. The Morgan fingerprint density at radius 2 is 1.79 bits per heavy atom. The third-order valence-corrected chi connectivity index (χ3v) is 6.13. The minimum absolute atomic E-state index is 0. The first-order chi connectivity index (χ1) is 13.6. The lowest BCUT2D eigenvalue weighted by atomic mass is 10.1. The zero-order valence-electron chi connectivity index (χ0n) is 17.1. The van der Waals surface area contributed by atoms with Gasteiger partial charge in [-0.3, -0.25) is 4.98 Å². The van der Waals surface area contributed by atoms with Crippen molar-refractivity contribution < 1.29 is 4.74 Å². The van der Waals surface area contributed by atoms with Gasteiger partial charge in [-0.15, -0.1) is 24.2 Å². The molecule has 0 spiro atoms. The molecule has 0 radical (unpaired) electrons. The molecule has 0 saturated carbocycles. The highest BCUT2D eigenvalue weighted by atomic mass is 35.5. The van der Waals surface area contributed by atoms with Crippen molar-refractivity contribution in [2.24, 2.45) is 0 Å². The van der Waals surface area contributed by atoms with Gasteiger partial charge in [0.1, 0.15) is 5.75 Å². The fourth-order valence-electron chi connectivity index (χ4n) is 3.71. The van der Waals surface area contributed by atoms with Crippen molar-refractivity contribution in [3.63, 3.8) is 0 Å². The van der Waals surface area contributed by atoms with Crippen LogP contribution in [0.4, 0.5) is 0 Å². The second-order valence-electron chi connectivity index (χ2n) is 6.93. The lowest BCUT2D eigenvalue weighted by Gasteiger charge is -2.12. The summed E-state index contributed by atoms with van der Waals surface area (Å²) in [7, 11) is 1.71. The predicted molar refractivity (Wildman–Crippen MR) is 126 cm³/mol. The Labute approximate surface area is 182 Å². The maximum Gasteiger partial charge on any atom is 0.119 e. The summed E-state index contributed by atoms with van der Waals surface area (Å²) in [5, 5.41) is 1.26. The van der Waals surface area contributed by atoms with Gasteiger partial charge in [-0.05, 0) is 61.6 Å². The fraction of sp³-hybridized carbons (Fsp3) is 0.208. The van der Waals surface area contributed by atoms with Crippen molar-refractivity contribution in [2.75, 3.05) is 13.4 Å². The van der Waals surface area contributed by atoms with E-state index in [9.17, 15) is 0 Å². The number of nitrogens with zero attached hydrogens (tertiary/aromatic N) is 2. The summed E-state index contributed by atoms with van der Waals surface area (Å²) in [5.74, 6) is 0.884. The Hall–Kier alpha value is -2.43. The van der Waals surface area contributed by atoms with Gasteiger partial charge in [-0.1, -0.05) is 24.3 Å². The average molecular weight is 425 g/mol. The topological polar surface area (TPSA) is 27.1 Å². The van der Waals surface area contributed by atoms with Crippen LogP contribution in [0.5, 0.6) is 5.75 Å². The van der Waals surface area contributed by atoms with Gasteiger partial charge in [0.25, 0.3) is 0 Å². The van der Waals surface area contributed by atoms with Crippen LogP contribution in [0.25, 0.3) is 22.2 Å². The van der Waals surface area contributed by atoms with E-state index < -0.39 is 0 Å². The third kappa shape index (κ3) is 4.00. The lowest BCUT2D eigenvalue weighted by Crippen LogP contribution is -2.03. The summed E-state index contributed by atoms with van der Waals surface area (Å²) >= 11 is 1.75. The molecule has 0 aliphatic heterocycles. The number of hydrogen-bond donors (Lipinski definition) is 0. The van der Waals surface area contributed by atoms with E-state index in [2.05, 4.69) is 67.1 Å². The Morgan fingerprint density at radius 1 is 1.03 bits per heavy atom. The minimum atomic E-state index is 0. The van der Waals surface area contributed by atoms with Gasteiger partial charge in [0, 0.05) is 34.3 Å². The molecule has 2 aromatic carbocycles. The van der Waals surface area contributed by atoms with Crippen LogP contribution in [0.2, 0.25) is 0 Å². The maximum absolute atomic E-state index is 5.41. The van der Waals surface area contributed by atoms with E-state index in [-0.39, 0.29) is 12.4 Å². The van der Waals surface area contributed by atoms with E-state index >= 15 is 0 Å². The Bertz CT molecular complexity index is 1140. The second-order valence-corrected chi connectivity index (χ2v) is 7.81. The molecule has 0 fully saturated rings. The van der Waals surface area contributed by atoms with Crippen LogP contribution in [0.3, 0.4) is 0 Å². The van der Waals surface area contributed by atoms with Crippen LogP contribution < -0.4 is 4.74 Å². The Balaban J connectivity index is 0.00000240. The highest BCUT2D eigenvalue weighted by Gasteiger charge is 2.16. The number of aromatic nitrogens is 2. The minimum Gasteiger partial charge on any atom is -0.497 e. The molecule has 4 rings (SSSR count). The van der Waals surface area contributed by atoms with Crippen molar-refractivity contribution >= 4 is 35.1 Å². The van der Waals surface area contributed by atoms with Gasteiger partial charge in [0.15, 0.2) is 0 Å². The number of benzene rings is 2. The van der Waals surface area contributed by atoms with Gasteiger partial charge in [-0.25, -0.2) is 0 Å². The molecule has 4 aromatic rings. The molecule has 3 nitrogen and oxygen atoms in total. The van der Waals surface area contributed by atoms with Crippen LogP contribution >= 0.6 is 24.2 Å². The normalized spacial score (nSPS) is 10.8. The number of ether oxygens (including phenoxy) is 1. The number of hydrogen-bond acceptors (Lipinski definition) is 3. The fourth-order valence-corrected chi connectivity index (χ4v) is 4.11. The lowest BCUT2D eigenvalue weighted by molar-refractivity contribution is 0.414. The first-order valence-electron chi connectivity index (χ1n) is 9.34. The molecule has 0 N–H and O–H groups in total. The standard InChI is InChI=1S/C24H24N2OS.ClH/c1-16-17(2)26(15-18-6-5-7-20(14-18)27-3)24-22(16)12-13-25-23(24)19-8-10-21(28-4)11-9-19;/h5-14H,15H2,1-4H3;1H. The van der Waals surface area contributed by atoms with Crippen LogP contribution in [0.15, 0.2) is 65.7 Å². The SMILES string of the molecule is COc1cccc(Cn2c(C)c(C)c3ccnc(-c4ccc(SC)cc4)c32)c1.Cl. The zero-order valence-corrected chi connectivity index (χ0v) is 18.7. The molecule has 2 aromatic heterocycles. The number of thioether (sulfide) groups is 1. The smallest absolute Gasteiger partial charge is 0.119 e. The van der Waals surface area contributed by atoms with E-state index in [4.69, 9.17) is 9.72 Å². The average Bonchev–Trinajstić information content (AvgIpc) is 2.99. The molecule has 0 saturated heterocycles. The number of aryl methyl sites for hydroxylation is 1. The molecule has 0 unspecified atom stereocenters. The summed E-state index contributed by atoms with van der Waals surface area (Å²) in [4.78, 5) is 6.03. The molecular weight excluding hydrogens is 400 g/mol. The molecule has 0 amide bonds. The number of methoxy groups -OCH3 is 1. The van der Waals surface area contributed by atoms with Gasteiger partial charge < -0.3 is 9.30 Å². The first-order valence-corrected chi connectivity index (χ1v) is 10.6. The zero-order chi connectivity index (χ0) is 19.7. The number of halogens is 1. The molecule has 0 aliphatic carbocycles. The van der Waals surface area contributed by atoms with E-state index in [1.165, 1.54) is 32.6 Å². The van der Waals surface area contributed by atoms with Crippen molar-refractivity contribution in [3.05, 3.63) is 77.6 Å². The van der Waals surface area contributed by atoms with Crippen molar-refractivity contribution in [1.82, 2.24) is 9.55 Å². The predicted octanol–water partition coefficient (Wildman–Crippen LogP) is 6.52. The van der Waals surface area contributed by atoms with Crippen LogP contribution in [0.1, 0.15) is 16.8 Å². The Kier molecular flexibility index (Phi) is 6.56. The summed E-state index contributed by atoms with van der Waals surface area (Å²) in [5.41, 5.74) is 7.16. The molecule has 150 valence electrons. The van der Waals surface area contributed by atoms with E-state index in [0.717, 1.165) is 23.6 Å². The number of fused-ring (bicyclic) bond motifs is 1. The van der Waals surface area contributed by atoms with Crippen molar-refractivity contribution in [3.8, 4) is 17.0 Å². The van der Waals surface area contributed by atoms with Crippen molar-refractivity contribution in [2.45, 2.75) is 25.3 Å². The van der Waals surface area contributed by atoms with Crippen LogP contribution in [0, 0.1) is 13.8 Å². The quantitative estimate of drug-likeness (QED) is 0.341. The third-order valence-electron chi connectivity index (χ3n) is 5.38. The van der Waals surface area contributed by atoms with Crippen molar-refractivity contribution in [1.29, 1.82) is 0 Å². The summed E-state index contributed by atoms with van der Waals surface area (Å²) in [6, 6.07) is 19.1. The van der Waals surface area contributed by atoms with E-state index in [1.54, 1.807) is 18.9 Å². The van der Waals surface area contributed by atoms with Gasteiger partial charge in [0.2, 0.25) is 0 Å². The van der Waals surface area contributed by atoms with E-state index in [0.29, 0.717) is 0 Å². The number of pyridine rings is 1. The summed E-state index contributed by atoms with van der Waals surface area (Å²) in [6.45, 7) is 5.17. The molecule has 0 bridgehead atoms. The van der Waals surface area contributed by atoms with Crippen LogP contribution in [-0.4, -0.2) is 22.9 Å². The highest BCUT2D eigenvalue weighted by Crippen LogP contribution is 2.33. The van der Waals surface area contributed by atoms with Gasteiger partial charge in [0.05, 0.1) is 18.3 Å². The second kappa shape index (κ2) is 8.93. The highest BCUT2D eigenvalue weighted by molar-refractivity contribution is 7.98. The molecule has 0 aliphatic rings. The molecule has 5 heteroatoms. The van der Waals surface area contributed by atoms with E-state index in [1.807, 2.05) is 18.3 Å². The number of rotatable bonds is 5. The van der Waals surface area contributed by atoms with Gasteiger partial charge >= 0.3 is 0 Å². The molecule has 29 heavy (non-hydrogen) atoms. The molecule has 2 heterocycles. The summed E-state index contributed by atoms with van der Waals surface area (Å²) < 4.78 is 7.79. The first kappa shape index (κ1) is 21.3. The molecule has 0 atom stereocenters.